The first-order valence-corrected chi connectivity index (χ1v) is 13.4. The molecule has 7 heteroatoms. The Labute approximate surface area is 232 Å². The van der Waals surface area contributed by atoms with Gasteiger partial charge in [-0.25, -0.2) is 0 Å². The molecule has 1 aliphatic carbocycles. The summed E-state index contributed by atoms with van der Waals surface area (Å²) in [5.41, 5.74) is 4.04. The van der Waals surface area contributed by atoms with Crippen molar-refractivity contribution >= 4 is 44.9 Å². The van der Waals surface area contributed by atoms with Crippen LogP contribution in [0.25, 0.3) is 0 Å². The van der Waals surface area contributed by atoms with E-state index in [0.717, 1.165) is 26.7 Å². The molecule has 1 aliphatic rings. The Morgan fingerprint density at radius 2 is 1.39 bits per heavy atom. The van der Waals surface area contributed by atoms with Crippen molar-refractivity contribution in [3.05, 3.63) is 93.0 Å². The number of rotatable bonds is 5. The third kappa shape index (κ3) is 5.45. The molecule has 3 aromatic carbocycles. The van der Waals surface area contributed by atoms with Crippen molar-refractivity contribution in [3.63, 3.8) is 0 Å². The molecule has 0 spiro atoms. The number of Topliss-reactive ketones (excluding diaryl/α,β-unsaturated/α-hetero) is 1. The van der Waals surface area contributed by atoms with Gasteiger partial charge >= 0.3 is 0 Å². The van der Waals surface area contributed by atoms with E-state index < -0.39 is 41.0 Å². The lowest BCUT2D eigenvalue weighted by Crippen LogP contribution is -2.56. The maximum absolute atomic E-state index is 13.9. The van der Waals surface area contributed by atoms with E-state index in [2.05, 4.69) is 26.6 Å². The molecule has 0 aliphatic heterocycles. The summed E-state index contributed by atoms with van der Waals surface area (Å²) in [7, 11) is 0. The second-order valence-corrected chi connectivity index (χ2v) is 11.4. The quantitative estimate of drug-likeness (QED) is 0.324. The lowest BCUT2D eigenvalue weighted by atomic mass is 9.61. The Hall–Kier alpha value is -3.29. The summed E-state index contributed by atoms with van der Waals surface area (Å²) in [6, 6.07) is 18.4. The molecule has 198 valence electrons. The summed E-state index contributed by atoms with van der Waals surface area (Å²) in [4.78, 5) is 41.2. The Morgan fingerprint density at radius 3 is 1.95 bits per heavy atom. The maximum Gasteiger partial charge on any atom is 0.235 e. The van der Waals surface area contributed by atoms with Crippen LogP contribution in [-0.2, 0) is 14.4 Å². The Kier molecular flexibility index (Phi) is 7.90. The fourth-order valence-corrected chi connectivity index (χ4v) is 5.82. The van der Waals surface area contributed by atoms with Crippen molar-refractivity contribution in [1.29, 1.82) is 0 Å². The van der Waals surface area contributed by atoms with E-state index in [0.29, 0.717) is 16.9 Å². The second kappa shape index (κ2) is 10.8. The van der Waals surface area contributed by atoms with E-state index in [9.17, 15) is 19.5 Å². The number of aliphatic hydroxyl groups is 1. The summed E-state index contributed by atoms with van der Waals surface area (Å²) in [5.74, 6) is -4.46. The zero-order chi connectivity index (χ0) is 27.8. The number of anilines is 2. The monoisotopic (exact) mass is 576 g/mol. The molecule has 2 amide bonds. The van der Waals surface area contributed by atoms with Crippen molar-refractivity contribution in [3.8, 4) is 0 Å². The third-order valence-electron chi connectivity index (χ3n) is 7.79. The minimum Gasteiger partial charge on any atom is -0.389 e. The Balaban J connectivity index is 1.80. The summed E-state index contributed by atoms with van der Waals surface area (Å²) in [5, 5.41) is 17.4. The SMILES string of the molecule is Cc1cccc(NC(=O)C2C(=O)CC(C)(O)C(C(=O)Nc3cccc(C)c3C)C2c2cccc(Br)c2)c1C. The lowest BCUT2D eigenvalue weighted by molar-refractivity contribution is -0.150. The first-order valence-electron chi connectivity index (χ1n) is 12.7. The van der Waals surface area contributed by atoms with E-state index >= 15 is 0 Å². The van der Waals surface area contributed by atoms with Gasteiger partial charge in [0.25, 0.3) is 0 Å². The van der Waals surface area contributed by atoms with Crippen LogP contribution in [0.4, 0.5) is 11.4 Å². The van der Waals surface area contributed by atoms with Crippen LogP contribution in [0.2, 0.25) is 0 Å². The number of hydrogen-bond acceptors (Lipinski definition) is 4. The number of nitrogens with one attached hydrogen (secondary N) is 2. The zero-order valence-corrected chi connectivity index (χ0v) is 23.8. The average Bonchev–Trinajstić information content (AvgIpc) is 2.83. The highest BCUT2D eigenvalue weighted by atomic mass is 79.9. The van der Waals surface area contributed by atoms with E-state index in [1.165, 1.54) is 6.92 Å². The molecule has 3 N–H and O–H groups in total. The van der Waals surface area contributed by atoms with Crippen LogP contribution in [0, 0.1) is 39.5 Å². The van der Waals surface area contributed by atoms with Gasteiger partial charge in [0.05, 0.1) is 11.5 Å². The van der Waals surface area contributed by atoms with Gasteiger partial charge in [-0.3, -0.25) is 14.4 Å². The van der Waals surface area contributed by atoms with Crippen LogP contribution in [0.1, 0.15) is 47.1 Å². The number of amides is 2. The number of halogens is 1. The number of aryl methyl sites for hydroxylation is 2. The topological polar surface area (TPSA) is 95.5 Å². The predicted molar refractivity (Wildman–Crippen MR) is 153 cm³/mol. The highest BCUT2D eigenvalue weighted by Crippen LogP contribution is 2.47. The zero-order valence-electron chi connectivity index (χ0n) is 22.3. The fourth-order valence-electron chi connectivity index (χ4n) is 5.40. The highest BCUT2D eigenvalue weighted by Gasteiger charge is 2.56. The van der Waals surface area contributed by atoms with E-state index in [1.807, 2.05) is 64.1 Å². The first kappa shape index (κ1) is 27.7. The Bertz CT molecular complexity index is 1410. The first-order chi connectivity index (χ1) is 17.9. The van der Waals surface area contributed by atoms with Crippen molar-refractivity contribution in [2.45, 2.75) is 52.6 Å². The second-order valence-electron chi connectivity index (χ2n) is 10.5. The average molecular weight is 578 g/mol. The summed E-state index contributed by atoms with van der Waals surface area (Å²) in [6.45, 7) is 9.23. The van der Waals surface area contributed by atoms with Gasteiger partial charge in [-0.1, -0.05) is 52.3 Å². The van der Waals surface area contributed by atoms with Gasteiger partial charge in [0, 0.05) is 28.2 Å². The molecular weight excluding hydrogens is 544 g/mol. The molecule has 4 unspecified atom stereocenters. The molecule has 0 radical (unpaired) electrons. The van der Waals surface area contributed by atoms with Crippen LogP contribution in [0.5, 0.6) is 0 Å². The fraction of sp³-hybridized carbons (Fsp3) is 0.323. The molecule has 3 aromatic rings. The minimum absolute atomic E-state index is 0.312. The van der Waals surface area contributed by atoms with Gasteiger partial charge in [-0.15, -0.1) is 0 Å². The molecule has 4 rings (SSSR count). The number of carbonyl (C=O) groups excluding carboxylic acids is 3. The molecule has 0 saturated heterocycles. The van der Waals surface area contributed by atoms with Crippen LogP contribution in [0.3, 0.4) is 0 Å². The maximum atomic E-state index is 13.9. The van der Waals surface area contributed by atoms with E-state index in [-0.39, 0.29) is 6.42 Å². The molecule has 0 heterocycles. The van der Waals surface area contributed by atoms with Gasteiger partial charge in [0.15, 0.2) is 0 Å². The lowest BCUT2D eigenvalue weighted by Gasteiger charge is -2.44. The van der Waals surface area contributed by atoms with E-state index in [1.54, 1.807) is 24.3 Å². The smallest absolute Gasteiger partial charge is 0.235 e. The Morgan fingerprint density at radius 1 is 0.868 bits per heavy atom. The van der Waals surface area contributed by atoms with Crippen LogP contribution >= 0.6 is 15.9 Å². The minimum atomic E-state index is -1.66. The van der Waals surface area contributed by atoms with Gasteiger partial charge in [-0.2, -0.15) is 0 Å². The van der Waals surface area contributed by atoms with Crippen LogP contribution < -0.4 is 10.6 Å². The van der Waals surface area contributed by atoms with Crippen LogP contribution in [0.15, 0.2) is 65.1 Å². The van der Waals surface area contributed by atoms with E-state index in [4.69, 9.17) is 0 Å². The molecule has 0 aromatic heterocycles. The molecular formula is C31H33BrN2O4. The number of ketones is 1. The number of carbonyl (C=O) groups is 3. The summed E-state index contributed by atoms with van der Waals surface area (Å²) in [6.07, 6.45) is -0.312. The third-order valence-corrected chi connectivity index (χ3v) is 8.28. The van der Waals surface area contributed by atoms with Crippen LogP contribution in [-0.4, -0.2) is 28.3 Å². The largest absolute Gasteiger partial charge is 0.389 e. The van der Waals surface area contributed by atoms with Gasteiger partial charge in [-0.05, 0) is 86.7 Å². The number of benzene rings is 3. The molecule has 6 nitrogen and oxygen atoms in total. The van der Waals surface area contributed by atoms with Crippen molar-refractivity contribution < 1.29 is 19.5 Å². The molecule has 1 saturated carbocycles. The van der Waals surface area contributed by atoms with Crippen molar-refractivity contribution in [1.82, 2.24) is 0 Å². The molecule has 38 heavy (non-hydrogen) atoms. The molecule has 4 atom stereocenters. The van der Waals surface area contributed by atoms with Gasteiger partial charge in [0.1, 0.15) is 11.7 Å². The standard InChI is InChI=1S/C31H33BrN2O4/c1-17-9-6-13-23(19(17)3)33-29(36)27-25(35)16-31(5,38)28(26(27)21-11-8-12-22(32)15-21)30(37)34-24-14-7-10-18(2)20(24)4/h6-15,26-28,38H,16H2,1-5H3,(H,33,36)(H,34,37). The summed E-state index contributed by atoms with van der Waals surface area (Å²) < 4.78 is 0.745. The van der Waals surface area contributed by atoms with Crippen molar-refractivity contribution in [2.75, 3.05) is 10.6 Å². The van der Waals surface area contributed by atoms with Gasteiger partial charge in [0.2, 0.25) is 11.8 Å². The van der Waals surface area contributed by atoms with Gasteiger partial charge < -0.3 is 15.7 Å². The normalized spacial score (nSPS) is 23.1. The molecule has 0 bridgehead atoms. The number of hydrogen-bond donors (Lipinski definition) is 3. The predicted octanol–water partition coefficient (Wildman–Crippen LogP) is 6.00. The van der Waals surface area contributed by atoms with Crippen molar-refractivity contribution in [2.24, 2.45) is 11.8 Å². The molecule has 1 fully saturated rings. The summed E-state index contributed by atoms with van der Waals surface area (Å²) >= 11 is 3.48. The highest BCUT2D eigenvalue weighted by molar-refractivity contribution is 9.10.